The monoisotopic (exact) mass is 317 g/mol. The van der Waals surface area contributed by atoms with Gasteiger partial charge in [-0.2, -0.15) is 8.42 Å². The first-order chi connectivity index (χ1) is 10.5. The van der Waals surface area contributed by atoms with Crippen LogP contribution in [0, 0.1) is 0 Å². The van der Waals surface area contributed by atoms with Crippen molar-refractivity contribution in [2.45, 2.75) is 5.03 Å². The summed E-state index contributed by atoms with van der Waals surface area (Å²) in [5.74, 6) is -1.24. The number of nitrogens with one attached hydrogen (secondary N) is 1. The standard InChI is InChI=1S/C14H11N3O4S/c18-14(19)12-9-10-5-1-2-6-11(10)17(12)16-22(20,21)13-7-3-4-8-15-13/h1-9,16H,(H,18,19). The van der Waals surface area contributed by atoms with Crippen LogP contribution in [0.1, 0.15) is 10.5 Å². The van der Waals surface area contributed by atoms with Gasteiger partial charge in [0.15, 0.2) is 5.03 Å². The number of carbonyl (C=O) groups is 1. The summed E-state index contributed by atoms with van der Waals surface area (Å²) in [7, 11) is -3.99. The zero-order valence-electron chi connectivity index (χ0n) is 11.2. The van der Waals surface area contributed by atoms with Gasteiger partial charge in [0.05, 0.1) is 5.52 Å². The zero-order valence-corrected chi connectivity index (χ0v) is 12.0. The number of aromatic nitrogens is 2. The number of hydrogen-bond donors (Lipinski definition) is 2. The Morgan fingerprint density at radius 1 is 1.14 bits per heavy atom. The molecule has 2 heterocycles. The number of hydrogen-bond acceptors (Lipinski definition) is 4. The van der Waals surface area contributed by atoms with Gasteiger partial charge in [-0.3, -0.25) is 0 Å². The molecule has 0 unspecified atom stereocenters. The molecule has 22 heavy (non-hydrogen) atoms. The first kappa shape index (κ1) is 14.1. The number of sulfonamides is 1. The van der Waals surface area contributed by atoms with Gasteiger partial charge in [-0.25, -0.2) is 19.3 Å². The molecule has 3 aromatic rings. The van der Waals surface area contributed by atoms with Crippen molar-refractivity contribution < 1.29 is 18.3 Å². The van der Waals surface area contributed by atoms with Gasteiger partial charge < -0.3 is 5.11 Å². The Labute approximate surface area is 125 Å². The fourth-order valence-electron chi connectivity index (χ4n) is 2.08. The van der Waals surface area contributed by atoms with E-state index in [0.717, 1.165) is 4.68 Å². The van der Waals surface area contributed by atoms with Crippen molar-refractivity contribution in [2.75, 3.05) is 4.83 Å². The Hall–Kier alpha value is -2.87. The van der Waals surface area contributed by atoms with Gasteiger partial charge in [-0.15, -0.1) is 0 Å². The molecule has 7 nitrogen and oxygen atoms in total. The topological polar surface area (TPSA) is 101 Å². The molecular formula is C14H11N3O4S. The van der Waals surface area contributed by atoms with Crippen molar-refractivity contribution in [3.63, 3.8) is 0 Å². The van der Waals surface area contributed by atoms with Gasteiger partial charge in [0.1, 0.15) is 5.69 Å². The van der Waals surface area contributed by atoms with Gasteiger partial charge >= 0.3 is 5.97 Å². The third-order valence-electron chi connectivity index (χ3n) is 3.05. The Morgan fingerprint density at radius 3 is 2.55 bits per heavy atom. The van der Waals surface area contributed by atoms with Crippen LogP contribution in [0.4, 0.5) is 0 Å². The lowest BCUT2D eigenvalue weighted by atomic mass is 10.2. The van der Waals surface area contributed by atoms with Gasteiger partial charge in [0.25, 0.3) is 10.0 Å². The SMILES string of the molecule is O=C(O)c1cc2ccccc2n1NS(=O)(=O)c1ccccn1. The predicted octanol–water partition coefficient (Wildman–Crippen LogP) is 1.67. The summed E-state index contributed by atoms with van der Waals surface area (Å²) < 4.78 is 25.7. The van der Waals surface area contributed by atoms with E-state index in [0.29, 0.717) is 10.9 Å². The largest absolute Gasteiger partial charge is 0.477 e. The highest BCUT2D eigenvalue weighted by Crippen LogP contribution is 2.20. The zero-order chi connectivity index (χ0) is 15.7. The smallest absolute Gasteiger partial charge is 0.354 e. The Morgan fingerprint density at radius 2 is 1.86 bits per heavy atom. The minimum Gasteiger partial charge on any atom is -0.477 e. The van der Waals surface area contributed by atoms with Crippen molar-refractivity contribution in [3.8, 4) is 0 Å². The first-order valence-electron chi connectivity index (χ1n) is 6.27. The molecule has 0 atom stereocenters. The summed E-state index contributed by atoms with van der Waals surface area (Å²) in [5, 5.41) is 9.69. The second-order valence-electron chi connectivity index (χ2n) is 4.49. The van der Waals surface area contributed by atoms with E-state index in [-0.39, 0.29) is 10.7 Å². The van der Waals surface area contributed by atoms with Crippen LogP contribution in [-0.2, 0) is 10.0 Å². The van der Waals surface area contributed by atoms with Gasteiger partial charge in [-0.1, -0.05) is 24.3 Å². The highest BCUT2D eigenvalue weighted by molar-refractivity contribution is 7.92. The summed E-state index contributed by atoms with van der Waals surface area (Å²) in [6, 6.07) is 12.6. The molecule has 0 radical (unpaired) electrons. The highest BCUT2D eigenvalue weighted by Gasteiger charge is 2.21. The fourth-order valence-corrected chi connectivity index (χ4v) is 3.07. The molecule has 0 saturated carbocycles. The molecule has 2 aromatic heterocycles. The number of para-hydroxylation sites is 1. The average Bonchev–Trinajstić information content (AvgIpc) is 2.87. The van der Waals surface area contributed by atoms with E-state index >= 15 is 0 Å². The molecule has 1 aromatic carbocycles. The minimum atomic E-state index is -3.99. The molecule has 0 aliphatic carbocycles. The van der Waals surface area contributed by atoms with Crippen LogP contribution in [0.5, 0.6) is 0 Å². The quantitative estimate of drug-likeness (QED) is 0.762. The lowest BCUT2D eigenvalue weighted by Crippen LogP contribution is -2.26. The summed E-state index contributed by atoms with van der Waals surface area (Å²) in [5.41, 5.74) is 0.264. The number of carboxylic acids is 1. The number of fused-ring (bicyclic) bond motifs is 1. The molecule has 0 saturated heterocycles. The number of nitrogens with zero attached hydrogens (tertiary/aromatic N) is 2. The maximum atomic E-state index is 12.3. The lowest BCUT2D eigenvalue weighted by molar-refractivity contribution is 0.0688. The average molecular weight is 317 g/mol. The molecule has 0 bridgehead atoms. The van der Waals surface area contributed by atoms with Crippen molar-refractivity contribution in [2.24, 2.45) is 0 Å². The summed E-state index contributed by atoms with van der Waals surface area (Å²) in [6.07, 6.45) is 1.35. The van der Waals surface area contributed by atoms with Crippen molar-refractivity contribution in [1.29, 1.82) is 0 Å². The Balaban J connectivity index is 2.14. The van der Waals surface area contributed by atoms with Crippen LogP contribution in [0.25, 0.3) is 10.9 Å². The molecule has 0 aliphatic rings. The van der Waals surface area contributed by atoms with Crippen LogP contribution in [0.15, 0.2) is 59.8 Å². The number of rotatable bonds is 4. The maximum absolute atomic E-state index is 12.3. The van der Waals surface area contributed by atoms with Gasteiger partial charge in [0, 0.05) is 11.6 Å². The van der Waals surface area contributed by atoms with Gasteiger partial charge in [0.2, 0.25) is 0 Å². The van der Waals surface area contributed by atoms with Crippen LogP contribution in [0.3, 0.4) is 0 Å². The molecule has 0 amide bonds. The molecule has 8 heteroatoms. The predicted molar refractivity (Wildman–Crippen MR) is 79.7 cm³/mol. The molecule has 0 fully saturated rings. The minimum absolute atomic E-state index is 0.180. The Kier molecular flexibility index (Phi) is 3.30. The van der Waals surface area contributed by atoms with E-state index in [2.05, 4.69) is 9.82 Å². The Bertz CT molecular complexity index is 949. The number of aromatic carboxylic acids is 1. The summed E-state index contributed by atoms with van der Waals surface area (Å²) >= 11 is 0. The summed E-state index contributed by atoms with van der Waals surface area (Å²) in [4.78, 5) is 17.4. The van der Waals surface area contributed by atoms with E-state index in [1.165, 1.54) is 24.4 Å². The van der Waals surface area contributed by atoms with Crippen molar-refractivity contribution in [3.05, 3.63) is 60.4 Å². The number of benzene rings is 1. The number of pyridine rings is 1. The molecule has 2 N–H and O–H groups in total. The molecule has 0 spiro atoms. The highest BCUT2D eigenvalue weighted by atomic mass is 32.2. The third kappa shape index (κ3) is 2.40. The second kappa shape index (κ2) is 5.15. The molecular weight excluding hydrogens is 306 g/mol. The van der Waals surface area contributed by atoms with Crippen molar-refractivity contribution in [1.82, 2.24) is 9.66 Å². The lowest BCUT2D eigenvalue weighted by Gasteiger charge is -2.11. The van der Waals surface area contributed by atoms with E-state index < -0.39 is 16.0 Å². The fraction of sp³-hybridized carbons (Fsp3) is 0. The molecule has 0 aliphatic heterocycles. The van der Waals surface area contributed by atoms with Crippen LogP contribution < -0.4 is 4.83 Å². The molecule has 112 valence electrons. The van der Waals surface area contributed by atoms with Gasteiger partial charge in [-0.05, 0) is 24.3 Å². The van der Waals surface area contributed by atoms with Crippen LogP contribution >= 0.6 is 0 Å². The van der Waals surface area contributed by atoms with E-state index in [1.807, 2.05) is 0 Å². The van der Waals surface area contributed by atoms with E-state index in [9.17, 15) is 18.3 Å². The molecule has 3 rings (SSSR count). The first-order valence-corrected chi connectivity index (χ1v) is 7.75. The third-order valence-corrected chi connectivity index (χ3v) is 4.27. The van der Waals surface area contributed by atoms with Crippen LogP contribution in [0.2, 0.25) is 0 Å². The van der Waals surface area contributed by atoms with E-state index in [1.54, 1.807) is 30.3 Å². The van der Waals surface area contributed by atoms with Crippen molar-refractivity contribution >= 4 is 26.9 Å². The van der Waals surface area contributed by atoms with E-state index in [4.69, 9.17) is 0 Å². The maximum Gasteiger partial charge on any atom is 0.354 e. The summed E-state index contributed by atoms with van der Waals surface area (Å²) in [6.45, 7) is 0. The second-order valence-corrected chi connectivity index (χ2v) is 6.10. The number of carboxylic acid groups (broad SMARTS) is 1. The normalized spacial score (nSPS) is 11.5. The van der Waals surface area contributed by atoms with Crippen LogP contribution in [-0.4, -0.2) is 29.2 Å².